The monoisotopic (exact) mass is 510 g/mol. The van der Waals surface area contributed by atoms with Crippen molar-refractivity contribution in [3.05, 3.63) is 68.4 Å². The van der Waals surface area contributed by atoms with Gasteiger partial charge in [-0.3, -0.25) is 4.79 Å². The van der Waals surface area contributed by atoms with Crippen LogP contribution in [0.15, 0.2) is 51.4 Å². The van der Waals surface area contributed by atoms with Crippen LogP contribution in [0.3, 0.4) is 0 Å². The summed E-state index contributed by atoms with van der Waals surface area (Å²) in [6.07, 6.45) is 2.11. The van der Waals surface area contributed by atoms with Gasteiger partial charge in [-0.1, -0.05) is 44.0 Å². The van der Waals surface area contributed by atoms with Gasteiger partial charge in [0.2, 0.25) is 5.91 Å². The average Bonchev–Trinajstić information content (AvgIpc) is 2.63. The van der Waals surface area contributed by atoms with Gasteiger partial charge in [0.25, 0.3) is 0 Å². The molecule has 1 fully saturated rings. The van der Waals surface area contributed by atoms with Crippen LogP contribution in [0.25, 0.3) is 0 Å². The number of carbonyl (C=O) groups excluding carboxylic acids is 1. The fraction of sp³-hybridized carbons (Fsp3) is 0.409. The Labute approximate surface area is 183 Å². The summed E-state index contributed by atoms with van der Waals surface area (Å²) in [4.78, 5) is 17.2. The molecule has 28 heavy (non-hydrogen) atoms. The second kappa shape index (κ2) is 9.06. The van der Waals surface area contributed by atoms with Gasteiger partial charge in [-0.05, 0) is 74.4 Å². The van der Waals surface area contributed by atoms with Crippen LogP contribution in [0.1, 0.15) is 30.4 Å². The van der Waals surface area contributed by atoms with Gasteiger partial charge in [0.15, 0.2) is 0 Å². The molecule has 1 aliphatic rings. The molecule has 2 aromatic carbocycles. The van der Waals surface area contributed by atoms with Crippen LogP contribution < -0.4 is 0 Å². The molecule has 1 saturated heterocycles. The van der Waals surface area contributed by atoms with Gasteiger partial charge < -0.3 is 9.80 Å². The Balaban J connectivity index is 1.79. The molecule has 6 heteroatoms. The van der Waals surface area contributed by atoms with E-state index in [0.29, 0.717) is 13.0 Å². The summed E-state index contributed by atoms with van der Waals surface area (Å²) in [5.74, 6) is -0.152. The van der Waals surface area contributed by atoms with Gasteiger partial charge in [0.1, 0.15) is 5.82 Å². The van der Waals surface area contributed by atoms with E-state index in [0.717, 1.165) is 46.0 Å². The molecule has 2 aromatic rings. The Hall–Kier alpha value is -1.24. The molecule has 1 aliphatic heterocycles. The molecule has 0 aromatic heterocycles. The molecule has 0 spiro atoms. The largest absolute Gasteiger partial charge is 0.341 e. The molecular formula is C22H25Br2FN2O. The Kier molecular flexibility index (Phi) is 6.94. The maximum Gasteiger partial charge on any atom is 0.223 e. The Morgan fingerprint density at radius 2 is 1.79 bits per heavy atom. The summed E-state index contributed by atoms with van der Waals surface area (Å²) in [5, 5.41) is 0. The SMILES string of the molecule is CN1CCC(CC(=O)N(C)Cc2cc(Br)cc(Br)c2)(c2cccc(F)c2)CC1. The van der Waals surface area contributed by atoms with Crippen molar-refractivity contribution >= 4 is 37.8 Å². The normalized spacial score (nSPS) is 16.8. The number of likely N-dealkylation sites (tertiary alicyclic amines) is 1. The van der Waals surface area contributed by atoms with Crippen molar-refractivity contribution < 1.29 is 9.18 Å². The van der Waals surface area contributed by atoms with Crippen molar-refractivity contribution in [3.63, 3.8) is 0 Å². The van der Waals surface area contributed by atoms with E-state index in [1.165, 1.54) is 6.07 Å². The van der Waals surface area contributed by atoms with Crippen molar-refractivity contribution in [1.29, 1.82) is 0 Å². The highest BCUT2D eigenvalue weighted by atomic mass is 79.9. The molecule has 0 unspecified atom stereocenters. The summed E-state index contributed by atoms with van der Waals surface area (Å²) in [7, 11) is 3.93. The molecule has 0 atom stereocenters. The summed E-state index contributed by atoms with van der Waals surface area (Å²) >= 11 is 6.99. The van der Waals surface area contributed by atoms with E-state index in [4.69, 9.17) is 0 Å². The van der Waals surface area contributed by atoms with Crippen molar-refractivity contribution in [2.24, 2.45) is 0 Å². The number of nitrogens with zero attached hydrogens (tertiary/aromatic N) is 2. The molecule has 0 aliphatic carbocycles. The zero-order chi connectivity index (χ0) is 20.3. The average molecular weight is 512 g/mol. The molecule has 1 amide bonds. The van der Waals surface area contributed by atoms with E-state index < -0.39 is 0 Å². The quantitative estimate of drug-likeness (QED) is 0.539. The molecule has 0 saturated carbocycles. The molecule has 0 N–H and O–H groups in total. The first-order chi connectivity index (χ1) is 13.3. The third kappa shape index (κ3) is 5.22. The van der Waals surface area contributed by atoms with E-state index in [1.807, 2.05) is 31.3 Å². The van der Waals surface area contributed by atoms with Crippen LogP contribution in [0, 0.1) is 5.82 Å². The smallest absolute Gasteiger partial charge is 0.223 e. The number of carbonyl (C=O) groups is 1. The Morgan fingerprint density at radius 1 is 1.14 bits per heavy atom. The van der Waals surface area contributed by atoms with Gasteiger partial charge in [-0.25, -0.2) is 4.39 Å². The van der Waals surface area contributed by atoms with Crippen LogP contribution in [0.5, 0.6) is 0 Å². The minimum Gasteiger partial charge on any atom is -0.341 e. The summed E-state index contributed by atoms with van der Waals surface area (Å²) < 4.78 is 15.9. The standard InChI is InChI=1S/C22H25Br2FN2O/c1-26-8-6-22(7-9-26,17-4-3-5-20(25)12-17)14-21(28)27(2)15-16-10-18(23)13-19(24)11-16/h3-5,10-13H,6-9,14-15H2,1-2H3. The summed E-state index contributed by atoms with van der Waals surface area (Å²) in [6, 6.07) is 12.8. The number of amides is 1. The number of rotatable bonds is 5. The second-order valence-corrected chi connectivity index (χ2v) is 9.63. The fourth-order valence-corrected chi connectivity index (χ4v) is 5.31. The van der Waals surface area contributed by atoms with Crippen molar-refractivity contribution in [2.45, 2.75) is 31.2 Å². The number of hydrogen-bond donors (Lipinski definition) is 0. The second-order valence-electron chi connectivity index (χ2n) is 7.80. The van der Waals surface area contributed by atoms with Crippen LogP contribution in [-0.4, -0.2) is 42.9 Å². The van der Waals surface area contributed by atoms with E-state index in [-0.39, 0.29) is 17.1 Å². The first kappa shape index (κ1) is 21.5. The highest BCUT2D eigenvalue weighted by Gasteiger charge is 2.38. The topological polar surface area (TPSA) is 23.6 Å². The van der Waals surface area contributed by atoms with E-state index in [9.17, 15) is 9.18 Å². The summed E-state index contributed by atoms with van der Waals surface area (Å²) in [5.41, 5.74) is 1.69. The minimum absolute atomic E-state index is 0.0879. The lowest BCUT2D eigenvalue weighted by atomic mass is 9.70. The number of piperidine rings is 1. The first-order valence-corrected chi connectivity index (χ1v) is 11.0. The zero-order valence-electron chi connectivity index (χ0n) is 16.2. The van der Waals surface area contributed by atoms with Gasteiger partial charge >= 0.3 is 0 Å². The van der Waals surface area contributed by atoms with Crippen LogP contribution in [-0.2, 0) is 16.8 Å². The van der Waals surface area contributed by atoms with Crippen molar-refractivity contribution in [1.82, 2.24) is 9.80 Å². The molecule has 150 valence electrons. The predicted octanol–water partition coefficient (Wildman–Crippen LogP) is 5.36. The van der Waals surface area contributed by atoms with Crippen LogP contribution in [0.4, 0.5) is 4.39 Å². The highest BCUT2D eigenvalue weighted by Crippen LogP contribution is 2.39. The number of benzene rings is 2. The van der Waals surface area contributed by atoms with Gasteiger partial charge in [-0.2, -0.15) is 0 Å². The molecule has 3 rings (SSSR count). The molecule has 1 heterocycles. The highest BCUT2D eigenvalue weighted by molar-refractivity contribution is 9.11. The van der Waals surface area contributed by atoms with Crippen LogP contribution >= 0.6 is 31.9 Å². The Bertz CT molecular complexity index is 830. The summed E-state index contributed by atoms with van der Waals surface area (Å²) in [6.45, 7) is 2.36. The van der Waals surface area contributed by atoms with Gasteiger partial charge in [0, 0.05) is 34.4 Å². The maximum atomic E-state index is 13.9. The predicted molar refractivity (Wildman–Crippen MR) is 118 cm³/mol. The maximum absolute atomic E-state index is 13.9. The lowest BCUT2D eigenvalue weighted by Gasteiger charge is -2.41. The first-order valence-electron chi connectivity index (χ1n) is 9.41. The molecule has 0 bridgehead atoms. The van der Waals surface area contributed by atoms with E-state index in [2.05, 4.69) is 43.8 Å². The van der Waals surface area contributed by atoms with Crippen LogP contribution in [0.2, 0.25) is 0 Å². The third-order valence-electron chi connectivity index (χ3n) is 5.64. The fourth-order valence-electron chi connectivity index (χ4n) is 3.92. The molecule has 3 nitrogen and oxygen atoms in total. The minimum atomic E-state index is -0.308. The van der Waals surface area contributed by atoms with Gasteiger partial charge in [-0.15, -0.1) is 0 Å². The van der Waals surface area contributed by atoms with E-state index in [1.54, 1.807) is 17.0 Å². The van der Waals surface area contributed by atoms with E-state index >= 15 is 0 Å². The molecular weight excluding hydrogens is 487 g/mol. The Morgan fingerprint density at radius 3 is 2.39 bits per heavy atom. The third-order valence-corrected chi connectivity index (χ3v) is 6.55. The lowest BCUT2D eigenvalue weighted by molar-refractivity contribution is -0.132. The number of halogens is 3. The number of hydrogen-bond acceptors (Lipinski definition) is 2. The van der Waals surface area contributed by atoms with Gasteiger partial charge in [0.05, 0.1) is 0 Å². The van der Waals surface area contributed by atoms with Crippen molar-refractivity contribution in [3.8, 4) is 0 Å². The molecule has 0 radical (unpaired) electrons. The zero-order valence-corrected chi connectivity index (χ0v) is 19.4. The lowest BCUT2D eigenvalue weighted by Crippen LogP contribution is -2.44. The van der Waals surface area contributed by atoms with Crippen molar-refractivity contribution in [2.75, 3.05) is 27.2 Å².